The number of halogens is 3. The molecule has 0 unspecified atom stereocenters. The van der Waals surface area contributed by atoms with Crippen LogP contribution in [0.3, 0.4) is 0 Å². The molecule has 0 aliphatic carbocycles. The van der Waals surface area contributed by atoms with Gasteiger partial charge in [-0.25, -0.2) is 0 Å². The highest BCUT2D eigenvalue weighted by Crippen LogP contribution is 2.27. The number of benzene rings is 1. The third-order valence-electron chi connectivity index (χ3n) is 1.51. The molecule has 0 spiro atoms. The molecular formula is C9H8I3. The summed E-state index contributed by atoms with van der Waals surface area (Å²) in [5, 5.41) is 0. The van der Waals surface area contributed by atoms with Gasteiger partial charge in [0.25, 0.3) is 0 Å². The molecule has 0 saturated heterocycles. The van der Waals surface area contributed by atoms with E-state index in [1.54, 1.807) is 0 Å². The molecule has 1 aromatic rings. The zero-order valence-corrected chi connectivity index (χ0v) is 13.3. The van der Waals surface area contributed by atoms with Gasteiger partial charge >= 0.3 is 0 Å². The molecule has 0 N–H and O–H groups in total. The first-order valence-corrected chi connectivity index (χ1v) is 6.71. The molecule has 0 heterocycles. The first-order valence-electron chi connectivity index (χ1n) is 3.47. The van der Waals surface area contributed by atoms with Gasteiger partial charge in [0.2, 0.25) is 0 Å². The fourth-order valence-electron chi connectivity index (χ4n) is 1.02. The second kappa shape index (κ2) is 4.77. The summed E-state index contributed by atoms with van der Waals surface area (Å²) < 4.78 is 4.01. The Hall–Kier alpha value is 1.41. The van der Waals surface area contributed by atoms with Gasteiger partial charge in [0.1, 0.15) is 0 Å². The van der Waals surface area contributed by atoms with Crippen LogP contribution >= 0.6 is 67.8 Å². The lowest BCUT2D eigenvalue weighted by Gasteiger charge is -2.10. The van der Waals surface area contributed by atoms with Gasteiger partial charge in [-0.2, -0.15) is 0 Å². The molecule has 0 bridgehead atoms. The second-order valence-electron chi connectivity index (χ2n) is 2.74. The average Bonchev–Trinajstić information content (AvgIpc) is 1.82. The Balaban J connectivity index is 3.28. The van der Waals surface area contributed by atoms with Gasteiger partial charge in [-0.3, -0.25) is 0 Å². The Morgan fingerprint density at radius 1 is 1.00 bits per heavy atom. The summed E-state index contributed by atoms with van der Waals surface area (Å²) in [5.74, 6) is 1.39. The van der Waals surface area contributed by atoms with Gasteiger partial charge in [0, 0.05) is 16.6 Å². The fraction of sp³-hybridized carbons (Fsp3) is 0.222. The van der Waals surface area contributed by atoms with Crippen molar-refractivity contribution in [2.75, 3.05) is 0 Å². The van der Waals surface area contributed by atoms with Gasteiger partial charge < -0.3 is 0 Å². The Morgan fingerprint density at radius 2 is 1.42 bits per heavy atom. The van der Waals surface area contributed by atoms with Crippen LogP contribution in [0.2, 0.25) is 0 Å². The van der Waals surface area contributed by atoms with E-state index in [0.29, 0.717) is 0 Å². The molecule has 1 aromatic carbocycles. The van der Waals surface area contributed by atoms with Crippen LogP contribution in [0, 0.1) is 16.6 Å². The molecule has 0 saturated carbocycles. The van der Waals surface area contributed by atoms with Gasteiger partial charge in [0.15, 0.2) is 0 Å². The highest BCUT2D eigenvalue weighted by molar-refractivity contribution is 14.1. The SMILES string of the molecule is C[C](C)c1c(I)cc(I)cc1I. The first-order chi connectivity index (χ1) is 5.52. The molecular weight excluding hydrogens is 489 g/mol. The van der Waals surface area contributed by atoms with Gasteiger partial charge in [-0.05, 0) is 85.5 Å². The normalized spacial score (nSPS) is 10.8. The summed E-state index contributed by atoms with van der Waals surface area (Å²) in [6.45, 7) is 4.32. The van der Waals surface area contributed by atoms with Crippen LogP contribution in [0.4, 0.5) is 0 Å². The maximum atomic E-state index is 2.40. The average molecular weight is 497 g/mol. The molecule has 0 fully saturated rings. The van der Waals surface area contributed by atoms with E-state index in [0.717, 1.165) is 0 Å². The number of rotatable bonds is 1. The summed E-state index contributed by atoms with van der Waals surface area (Å²) >= 11 is 7.15. The molecule has 0 nitrogen and oxygen atoms in total. The zero-order chi connectivity index (χ0) is 9.30. The molecule has 0 amide bonds. The maximum Gasteiger partial charge on any atom is 0.0189 e. The lowest BCUT2D eigenvalue weighted by molar-refractivity contribution is 1.12. The van der Waals surface area contributed by atoms with Crippen LogP contribution in [0.15, 0.2) is 12.1 Å². The van der Waals surface area contributed by atoms with Gasteiger partial charge in [-0.1, -0.05) is 13.8 Å². The molecule has 12 heavy (non-hydrogen) atoms. The summed E-state index contributed by atoms with van der Waals surface area (Å²) in [6, 6.07) is 4.43. The number of hydrogen-bond acceptors (Lipinski definition) is 0. The minimum atomic E-state index is 1.31. The third kappa shape index (κ3) is 2.70. The standard InChI is InChI=1S/C9H8I3/c1-5(2)9-7(11)3-6(10)4-8(9)12/h3-4H,1-2H3. The summed E-state index contributed by atoms with van der Waals surface area (Å²) in [4.78, 5) is 0. The molecule has 3 heteroatoms. The summed E-state index contributed by atoms with van der Waals surface area (Å²) in [6.07, 6.45) is 0. The Morgan fingerprint density at radius 3 is 1.75 bits per heavy atom. The fourth-order valence-corrected chi connectivity index (χ4v) is 5.68. The number of hydrogen-bond donors (Lipinski definition) is 0. The summed E-state index contributed by atoms with van der Waals surface area (Å²) in [5.41, 5.74) is 1.40. The summed E-state index contributed by atoms with van der Waals surface area (Å²) in [7, 11) is 0. The van der Waals surface area contributed by atoms with Crippen LogP contribution in [-0.2, 0) is 0 Å². The van der Waals surface area contributed by atoms with E-state index in [2.05, 4.69) is 93.8 Å². The van der Waals surface area contributed by atoms with Crippen LogP contribution < -0.4 is 0 Å². The molecule has 65 valence electrons. The van der Waals surface area contributed by atoms with E-state index in [1.807, 2.05) is 0 Å². The smallest absolute Gasteiger partial charge is 0.0189 e. The molecule has 0 aliphatic heterocycles. The van der Waals surface area contributed by atoms with E-state index in [9.17, 15) is 0 Å². The second-order valence-corrected chi connectivity index (χ2v) is 6.31. The van der Waals surface area contributed by atoms with Crippen molar-refractivity contribution in [3.8, 4) is 0 Å². The largest absolute Gasteiger partial charge is 0.0549 e. The Kier molecular flexibility index (Phi) is 4.56. The van der Waals surface area contributed by atoms with Crippen LogP contribution in [-0.4, -0.2) is 0 Å². The lowest BCUT2D eigenvalue weighted by Crippen LogP contribution is -1.97. The van der Waals surface area contributed by atoms with E-state index < -0.39 is 0 Å². The maximum absolute atomic E-state index is 2.40. The minimum Gasteiger partial charge on any atom is -0.0549 e. The third-order valence-corrected chi connectivity index (χ3v) is 3.83. The predicted molar refractivity (Wildman–Crippen MR) is 78.3 cm³/mol. The Labute approximate surface area is 114 Å². The molecule has 0 atom stereocenters. The Bertz CT molecular complexity index is 269. The van der Waals surface area contributed by atoms with E-state index >= 15 is 0 Å². The highest BCUT2D eigenvalue weighted by Gasteiger charge is 2.09. The van der Waals surface area contributed by atoms with Crippen molar-refractivity contribution in [2.45, 2.75) is 13.8 Å². The molecule has 1 radical (unpaired) electrons. The van der Waals surface area contributed by atoms with Gasteiger partial charge in [0.05, 0.1) is 0 Å². The van der Waals surface area contributed by atoms with Crippen LogP contribution in [0.1, 0.15) is 19.4 Å². The van der Waals surface area contributed by atoms with E-state index in [4.69, 9.17) is 0 Å². The highest BCUT2D eigenvalue weighted by atomic mass is 127. The quantitative estimate of drug-likeness (QED) is 0.504. The van der Waals surface area contributed by atoms with Crippen molar-refractivity contribution >= 4 is 67.8 Å². The van der Waals surface area contributed by atoms with Crippen molar-refractivity contribution in [2.24, 2.45) is 0 Å². The van der Waals surface area contributed by atoms with Crippen molar-refractivity contribution in [1.82, 2.24) is 0 Å². The van der Waals surface area contributed by atoms with E-state index in [-0.39, 0.29) is 0 Å². The van der Waals surface area contributed by atoms with Crippen molar-refractivity contribution < 1.29 is 0 Å². The van der Waals surface area contributed by atoms with Crippen molar-refractivity contribution in [3.05, 3.63) is 34.3 Å². The topological polar surface area (TPSA) is 0 Å². The predicted octanol–water partition coefficient (Wildman–Crippen LogP) is 4.46. The van der Waals surface area contributed by atoms with Crippen molar-refractivity contribution in [3.63, 3.8) is 0 Å². The first kappa shape index (κ1) is 11.5. The van der Waals surface area contributed by atoms with E-state index in [1.165, 1.54) is 22.2 Å². The van der Waals surface area contributed by atoms with Crippen molar-refractivity contribution in [1.29, 1.82) is 0 Å². The lowest BCUT2D eigenvalue weighted by atomic mass is 10.0. The molecule has 0 aliphatic rings. The minimum absolute atomic E-state index is 1.31. The zero-order valence-electron chi connectivity index (χ0n) is 6.79. The molecule has 1 rings (SSSR count). The monoisotopic (exact) mass is 497 g/mol. The van der Waals surface area contributed by atoms with Gasteiger partial charge in [-0.15, -0.1) is 0 Å². The van der Waals surface area contributed by atoms with Crippen LogP contribution in [0.25, 0.3) is 0 Å². The van der Waals surface area contributed by atoms with Crippen LogP contribution in [0.5, 0.6) is 0 Å². The molecule has 0 aromatic heterocycles.